The number of H-pyrrole nitrogens is 1. The van der Waals surface area contributed by atoms with E-state index >= 15 is 0 Å². The Morgan fingerprint density at radius 1 is 1.28 bits per heavy atom. The summed E-state index contributed by atoms with van der Waals surface area (Å²) in [5, 5.41) is 4.40. The number of nitrogens with zero attached hydrogens (tertiary/aromatic N) is 4. The van der Waals surface area contributed by atoms with Gasteiger partial charge < -0.3 is 4.98 Å². The van der Waals surface area contributed by atoms with Crippen molar-refractivity contribution in [2.45, 2.75) is 6.55 Å². The summed E-state index contributed by atoms with van der Waals surface area (Å²) in [7, 11) is 0. The van der Waals surface area contributed by atoms with Crippen LogP contribution in [0, 0.1) is 0 Å². The third-order valence-electron chi connectivity index (χ3n) is 2.41. The second-order valence-corrected chi connectivity index (χ2v) is 3.50. The Hall–Kier alpha value is -2.02. The maximum Gasteiger partial charge on any atom is 0.333 e. The summed E-state index contributed by atoms with van der Waals surface area (Å²) >= 11 is 0. The summed E-state index contributed by atoms with van der Waals surface area (Å²) in [5.74, 6) is 0. The van der Waals surface area contributed by atoms with E-state index in [1.807, 2.05) is 0 Å². The average molecular weight is 272 g/mol. The van der Waals surface area contributed by atoms with E-state index in [-0.39, 0.29) is 12.4 Å². The molecule has 1 N–H and O–H groups in total. The lowest BCUT2D eigenvalue weighted by molar-refractivity contribution is 0.0566. The Labute approximate surface area is 106 Å². The second kappa shape index (κ2) is 4.69. The molecule has 0 saturated heterocycles. The number of alkyl halides is 2. The highest BCUT2D eigenvalue weighted by Gasteiger charge is 2.10. The van der Waals surface area contributed by atoms with Gasteiger partial charge in [-0.1, -0.05) is 0 Å². The van der Waals surface area contributed by atoms with Crippen LogP contribution in [0.1, 0.15) is 6.55 Å². The van der Waals surface area contributed by atoms with E-state index in [4.69, 9.17) is 0 Å². The first-order valence-corrected chi connectivity index (χ1v) is 4.85. The van der Waals surface area contributed by atoms with Crippen LogP contribution < -0.4 is 0 Å². The van der Waals surface area contributed by atoms with Crippen LogP contribution in [0.5, 0.6) is 0 Å². The zero-order valence-corrected chi connectivity index (χ0v) is 9.73. The first-order valence-electron chi connectivity index (χ1n) is 4.85. The highest BCUT2D eigenvalue weighted by molar-refractivity contribution is 5.85. The van der Waals surface area contributed by atoms with E-state index < -0.39 is 6.55 Å². The van der Waals surface area contributed by atoms with E-state index in [9.17, 15) is 8.78 Å². The molecule has 0 aliphatic carbocycles. The monoisotopic (exact) mass is 271 g/mol. The minimum atomic E-state index is -2.63. The van der Waals surface area contributed by atoms with Gasteiger partial charge >= 0.3 is 6.55 Å². The zero-order valence-electron chi connectivity index (χ0n) is 8.92. The van der Waals surface area contributed by atoms with Crippen molar-refractivity contribution in [1.29, 1.82) is 0 Å². The largest absolute Gasteiger partial charge is 0.339 e. The van der Waals surface area contributed by atoms with Crippen molar-refractivity contribution in [3.63, 3.8) is 0 Å². The molecule has 3 aromatic heterocycles. The minimum absolute atomic E-state index is 0. The fourth-order valence-electron chi connectivity index (χ4n) is 1.61. The molecule has 8 heteroatoms. The molecule has 94 valence electrons. The molecule has 0 spiro atoms. The fourth-order valence-corrected chi connectivity index (χ4v) is 1.61. The third kappa shape index (κ3) is 2.04. The molecule has 0 amide bonds. The molecule has 0 atom stereocenters. The first kappa shape index (κ1) is 12.4. The summed E-state index contributed by atoms with van der Waals surface area (Å²) in [5.41, 5.74) is 1.94. The molecule has 0 bridgehead atoms. The summed E-state index contributed by atoms with van der Waals surface area (Å²) in [6.45, 7) is -2.63. The predicted octanol–water partition coefficient (Wildman–Crippen LogP) is 2.64. The average Bonchev–Trinajstić information content (AvgIpc) is 2.95. The van der Waals surface area contributed by atoms with Gasteiger partial charge in [0, 0.05) is 23.3 Å². The molecule has 3 aromatic rings. The number of hydrogen-bond acceptors (Lipinski definition) is 3. The van der Waals surface area contributed by atoms with Gasteiger partial charge in [-0.15, -0.1) is 12.4 Å². The van der Waals surface area contributed by atoms with Gasteiger partial charge in [-0.2, -0.15) is 13.9 Å². The van der Waals surface area contributed by atoms with Gasteiger partial charge in [0.1, 0.15) is 12.0 Å². The molecule has 0 saturated carbocycles. The summed E-state index contributed by atoms with van der Waals surface area (Å²) < 4.78 is 25.3. The molecule has 5 nitrogen and oxygen atoms in total. The number of rotatable bonds is 2. The van der Waals surface area contributed by atoms with Gasteiger partial charge in [-0.25, -0.2) is 14.6 Å². The van der Waals surface area contributed by atoms with Crippen LogP contribution in [0.4, 0.5) is 8.78 Å². The van der Waals surface area contributed by atoms with E-state index in [1.165, 1.54) is 18.7 Å². The molecule has 0 unspecified atom stereocenters. The van der Waals surface area contributed by atoms with E-state index in [0.29, 0.717) is 21.6 Å². The molecule has 0 aromatic carbocycles. The Morgan fingerprint density at radius 3 is 2.78 bits per heavy atom. The zero-order chi connectivity index (χ0) is 11.8. The van der Waals surface area contributed by atoms with Crippen molar-refractivity contribution in [3.8, 4) is 11.3 Å². The van der Waals surface area contributed by atoms with Crippen molar-refractivity contribution in [1.82, 2.24) is 24.7 Å². The lowest BCUT2D eigenvalue weighted by atomic mass is 10.2. The highest BCUT2D eigenvalue weighted by Crippen LogP contribution is 2.23. The van der Waals surface area contributed by atoms with Crippen LogP contribution in [0.3, 0.4) is 0 Å². The number of nitrogens with one attached hydrogen (secondary N) is 1. The third-order valence-corrected chi connectivity index (χ3v) is 2.41. The van der Waals surface area contributed by atoms with Crippen LogP contribution in [0.25, 0.3) is 22.3 Å². The van der Waals surface area contributed by atoms with Gasteiger partial charge in [0.05, 0.1) is 11.9 Å². The van der Waals surface area contributed by atoms with Crippen LogP contribution in [0.2, 0.25) is 0 Å². The van der Waals surface area contributed by atoms with Crippen molar-refractivity contribution in [2.75, 3.05) is 0 Å². The van der Waals surface area contributed by atoms with Crippen molar-refractivity contribution in [3.05, 3.63) is 31.0 Å². The summed E-state index contributed by atoms with van der Waals surface area (Å²) in [4.78, 5) is 10.9. The molecule has 0 radical (unpaired) electrons. The molecular formula is C10H8ClF2N5. The van der Waals surface area contributed by atoms with Crippen LogP contribution in [0.15, 0.2) is 31.0 Å². The van der Waals surface area contributed by atoms with Gasteiger partial charge in [0.15, 0.2) is 0 Å². The quantitative estimate of drug-likeness (QED) is 0.779. The number of halogens is 3. The fraction of sp³-hybridized carbons (Fsp3) is 0.100. The van der Waals surface area contributed by atoms with E-state index in [2.05, 4.69) is 20.1 Å². The second-order valence-electron chi connectivity index (χ2n) is 3.50. The predicted molar refractivity (Wildman–Crippen MR) is 63.6 cm³/mol. The maximum absolute atomic E-state index is 12.4. The number of aromatic amines is 1. The summed E-state index contributed by atoms with van der Waals surface area (Å²) in [6.07, 6.45) is 5.73. The molecule has 0 fully saturated rings. The number of aromatic nitrogens is 5. The van der Waals surface area contributed by atoms with Gasteiger partial charge in [0.2, 0.25) is 0 Å². The highest BCUT2D eigenvalue weighted by atomic mass is 35.5. The maximum atomic E-state index is 12.4. The summed E-state index contributed by atoms with van der Waals surface area (Å²) in [6, 6.07) is 1.79. The van der Waals surface area contributed by atoms with Crippen molar-refractivity contribution < 1.29 is 8.78 Å². The number of fused-ring (bicyclic) bond motifs is 1. The van der Waals surface area contributed by atoms with Crippen LogP contribution >= 0.6 is 12.4 Å². The van der Waals surface area contributed by atoms with Gasteiger partial charge in [-0.3, -0.25) is 0 Å². The van der Waals surface area contributed by atoms with Crippen molar-refractivity contribution >= 4 is 23.4 Å². The van der Waals surface area contributed by atoms with Crippen LogP contribution in [-0.4, -0.2) is 24.7 Å². The topological polar surface area (TPSA) is 59.4 Å². The Kier molecular flexibility index (Phi) is 3.24. The Balaban J connectivity index is 0.00000120. The van der Waals surface area contributed by atoms with Crippen molar-refractivity contribution in [2.24, 2.45) is 0 Å². The molecule has 0 aliphatic heterocycles. The molecule has 3 heterocycles. The molecule has 18 heavy (non-hydrogen) atoms. The lowest BCUT2D eigenvalue weighted by Gasteiger charge is -1.95. The molecular weight excluding hydrogens is 264 g/mol. The van der Waals surface area contributed by atoms with Crippen LogP contribution in [-0.2, 0) is 0 Å². The normalized spacial score (nSPS) is 10.8. The lowest BCUT2D eigenvalue weighted by Crippen LogP contribution is -1.96. The standard InChI is InChI=1S/C10H7F2N5.ClH/c11-10(12)17-4-7(3-15-17)8-1-6-2-13-5-14-9(6)16-8;/h1-5,10H,(H,13,14,16);1H. The Bertz CT molecular complexity index is 630. The molecule has 0 aliphatic rings. The van der Waals surface area contributed by atoms with Gasteiger partial charge in [-0.05, 0) is 6.07 Å². The molecule has 3 rings (SSSR count). The Morgan fingerprint density at radius 2 is 2.11 bits per heavy atom. The van der Waals surface area contributed by atoms with Gasteiger partial charge in [0.25, 0.3) is 0 Å². The van der Waals surface area contributed by atoms with E-state index in [1.54, 1.807) is 12.3 Å². The first-order chi connectivity index (χ1) is 8.24. The minimum Gasteiger partial charge on any atom is -0.339 e. The smallest absolute Gasteiger partial charge is 0.333 e. The SMILES string of the molecule is Cl.FC(F)n1cc(-c2cc3cncnc3[nH]2)cn1. The van der Waals surface area contributed by atoms with E-state index in [0.717, 1.165) is 5.39 Å². The number of hydrogen-bond donors (Lipinski definition) is 1.